The van der Waals surface area contributed by atoms with E-state index in [1.807, 2.05) is 0 Å². The van der Waals surface area contributed by atoms with E-state index < -0.39 is 17.8 Å². The molecule has 0 radical (unpaired) electrons. The van der Waals surface area contributed by atoms with Gasteiger partial charge in [-0.2, -0.15) is 0 Å². The maximum atomic E-state index is 12.3. The predicted octanol–water partition coefficient (Wildman–Crippen LogP) is 1.44. The number of amides is 2. The van der Waals surface area contributed by atoms with E-state index in [9.17, 15) is 14.4 Å². The molecule has 2 aromatic rings. The molecule has 1 aromatic heterocycles. The third-order valence-corrected chi connectivity index (χ3v) is 3.15. The van der Waals surface area contributed by atoms with Gasteiger partial charge in [0.25, 0.3) is 11.8 Å². The second-order valence-electron chi connectivity index (χ2n) is 5.06. The predicted molar refractivity (Wildman–Crippen MR) is 91.4 cm³/mol. The summed E-state index contributed by atoms with van der Waals surface area (Å²) >= 11 is 0. The zero-order valence-corrected chi connectivity index (χ0v) is 13.3. The Labute approximate surface area is 144 Å². The van der Waals surface area contributed by atoms with Crippen molar-refractivity contribution < 1.29 is 19.5 Å². The third-order valence-electron chi connectivity index (χ3n) is 3.15. The quantitative estimate of drug-likeness (QED) is 0.662. The largest absolute Gasteiger partial charge is 0.481 e. The average Bonchev–Trinajstić information content (AvgIpc) is 2.62. The van der Waals surface area contributed by atoms with Gasteiger partial charge in [0.2, 0.25) is 0 Å². The van der Waals surface area contributed by atoms with Crippen LogP contribution in [0.15, 0.2) is 60.6 Å². The maximum absolute atomic E-state index is 12.3. The second-order valence-corrected chi connectivity index (χ2v) is 5.06. The fourth-order valence-electron chi connectivity index (χ4n) is 1.95. The van der Waals surface area contributed by atoms with Crippen LogP contribution in [-0.4, -0.2) is 34.4 Å². The Hall–Kier alpha value is -3.48. The lowest BCUT2D eigenvalue weighted by Gasteiger charge is -2.10. The molecular formula is C18H17N3O4. The first-order valence-electron chi connectivity index (χ1n) is 7.54. The van der Waals surface area contributed by atoms with Crippen molar-refractivity contribution in [2.45, 2.75) is 6.42 Å². The number of pyridine rings is 1. The van der Waals surface area contributed by atoms with Gasteiger partial charge in [-0.15, -0.1) is 0 Å². The van der Waals surface area contributed by atoms with Crippen molar-refractivity contribution in [1.82, 2.24) is 15.6 Å². The van der Waals surface area contributed by atoms with E-state index in [0.717, 1.165) is 0 Å². The highest BCUT2D eigenvalue weighted by molar-refractivity contribution is 6.05. The van der Waals surface area contributed by atoms with Crippen molar-refractivity contribution in [3.63, 3.8) is 0 Å². The lowest BCUT2D eigenvalue weighted by molar-refractivity contribution is -0.136. The number of aliphatic carboxylic acids is 1. The van der Waals surface area contributed by atoms with E-state index in [1.165, 1.54) is 6.08 Å². The van der Waals surface area contributed by atoms with E-state index in [4.69, 9.17) is 5.11 Å². The topological polar surface area (TPSA) is 108 Å². The molecule has 0 fully saturated rings. The van der Waals surface area contributed by atoms with Crippen molar-refractivity contribution in [2.24, 2.45) is 0 Å². The molecular weight excluding hydrogens is 322 g/mol. The minimum Gasteiger partial charge on any atom is -0.481 e. The highest BCUT2D eigenvalue weighted by Crippen LogP contribution is 2.06. The van der Waals surface area contributed by atoms with Gasteiger partial charge in [0, 0.05) is 24.5 Å². The number of carbonyl (C=O) groups excluding carboxylic acids is 2. The first-order chi connectivity index (χ1) is 12.1. The molecule has 0 saturated carbocycles. The molecule has 2 amide bonds. The summed E-state index contributed by atoms with van der Waals surface area (Å²) in [6.07, 6.45) is 4.40. The van der Waals surface area contributed by atoms with Gasteiger partial charge >= 0.3 is 5.97 Å². The number of nitrogens with one attached hydrogen (secondary N) is 2. The van der Waals surface area contributed by atoms with Crippen LogP contribution in [0.1, 0.15) is 22.3 Å². The van der Waals surface area contributed by atoms with Crippen LogP contribution in [-0.2, 0) is 9.59 Å². The van der Waals surface area contributed by atoms with Crippen LogP contribution in [0.3, 0.4) is 0 Å². The van der Waals surface area contributed by atoms with Crippen molar-refractivity contribution in [1.29, 1.82) is 0 Å². The van der Waals surface area contributed by atoms with Gasteiger partial charge in [-0.25, -0.2) is 0 Å². The SMILES string of the molecule is O=C(O)CCNC(=O)/C(=C/c1cccnc1)NC(=O)c1ccccc1. The van der Waals surface area contributed by atoms with Crippen LogP contribution in [0.5, 0.6) is 0 Å². The molecule has 0 aliphatic rings. The van der Waals surface area contributed by atoms with Gasteiger partial charge in [0.1, 0.15) is 5.70 Å². The summed E-state index contributed by atoms with van der Waals surface area (Å²) in [5, 5.41) is 13.7. The molecule has 0 unspecified atom stereocenters. The summed E-state index contributed by atoms with van der Waals surface area (Å²) in [5.41, 5.74) is 1.03. The number of nitrogens with zero attached hydrogens (tertiary/aromatic N) is 1. The first-order valence-corrected chi connectivity index (χ1v) is 7.54. The smallest absolute Gasteiger partial charge is 0.305 e. The fraction of sp³-hybridized carbons (Fsp3) is 0.111. The molecule has 0 aliphatic carbocycles. The monoisotopic (exact) mass is 339 g/mol. The number of benzene rings is 1. The minimum absolute atomic E-state index is 0.00671. The van der Waals surface area contributed by atoms with Gasteiger partial charge in [0.05, 0.1) is 6.42 Å². The zero-order chi connectivity index (χ0) is 18.1. The Balaban J connectivity index is 2.17. The van der Waals surface area contributed by atoms with E-state index in [-0.39, 0.29) is 18.7 Å². The summed E-state index contributed by atoms with van der Waals surface area (Å²) in [5.74, 6) is -2.04. The highest BCUT2D eigenvalue weighted by Gasteiger charge is 2.14. The molecule has 7 nitrogen and oxygen atoms in total. The Morgan fingerprint density at radius 1 is 1.08 bits per heavy atom. The standard InChI is InChI=1S/C18H17N3O4/c22-16(23)8-10-20-18(25)15(11-13-5-4-9-19-12-13)21-17(24)14-6-2-1-3-7-14/h1-7,9,11-12H,8,10H2,(H,20,25)(H,21,24)(H,22,23)/b15-11-. The van der Waals surface area contributed by atoms with E-state index in [2.05, 4.69) is 15.6 Å². The Kier molecular flexibility index (Phi) is 6.41. The van der Waals surface area contributed by atoms with Crippen molar-refractivity contribution in [3.8, 4) is 0 Å². The lowest BCUT2D eigenvalue weighted by atomic mass is 10.2. The molecule has 0 aliphatic heterocycles. The summed E-state index contributed by atoms with van der Waals surface area (Å²) < 4.78 is 0. The summed E-state index contributed by atoms with van der Waals surface area (Å²) in [6, 6.07) is 11.9. The second kappa shape index (κ2) is 8.97. The summed E-state index contributed by atoms with van der Waals surface area (Å²) in [6.45, 7) is -0.0419. The van der Waals surface area contributed by atoms with Gasteiger partial charge in [0.15, 0.2) is 0 Å². The number of rotatable bonds is 7. The van der Waals surface area contributed by atoms with Crippen molar-refractivity contribution in [3.05, 3.63) is 71.7 Å². The van der Waals surface area contributed by atoms with Crippen LogP contribution in [0.4, 0.5) is 0 Å². The van der Waals surface area contributed by atoms with Crippen LogP contribution in [0.2, 0.25) is 0 Å². The molecule has 0 spiro atoms. The molecule has 3 N–H and O–H groups in total. The molecule has 0 atom stereocenters. The number of hydrogen-bond acceptors (Lipinski definition) is 4. The number of hydrogen-bond donors (Lipinski definition) is 3. The highest BCUT2D eigenvalue weighted by atomic mass is 16.4. The Bertz CT molecular complexity index is 773. The number of aromatic nitrogens is 1. The van der Waals surface area contributed by atoms with Gasteiger partial charge < -0.3 is 15.7 Å². The number of carbonyl (C=O) groups is 3. The van der Waals surface area contributed by atoms with E-state index >= 15 is 0 Å². The first kappa shape index (κ1) is 17.9. The van der Waals surface area contributed by atoms with Crippen LogP contribution in [0.25, 0.3) is 6.08 Å². The van der Waals surface area contributed by atoms with E-state index in [0.29, 0.717) is 11.1 Å². The molecule has 1 aromatic carbocycles. The minimum atomic E-state index is -1.02. The summed E-state index contributed by atoms with van der Waals surface area (Å²) in [7, 11) is 0. The molecule has 7 heteroatoms. The normalized spacial score (nSPS) is 10.8. The third kappa shape index (κ3) is 5.91. The van der Waals surface area contributed by atoms with Crippen molar-refractivity contribution >= 4 is 23.9 Å². The molecule has 2 rings (SSSR count). The van der Waals surface area contributed by atoms with Gasteiger partial charge in [-0.1, -0.05) is 24.3 Å². The lowest BCUT2D eigenvalue weighted by Crippen LogP contribution is -2.35. The van der Waals surface area contributed by atoms with Crippen LogP contribution in [0, 0.1) is 0 Å². The average molecular weight is 339 g/mol. The van der Waals surface area contributed by atoms with Crippen molar-refractivity contribution in [2.75, 3.05) is 6.54 Å². The zero-order valence-electron chi connectivity index (χ0n) is 13.3. The molecule has 128 valence electrons. The Morgan fingerprint density at radius 3 is 2.48 bits per heavy atom. The number of carboxylic acid groups (broad SMARTS) is 1. The Morgan fingerprint density at radius 2 is 1.84 bits per heavy atom. The van der Waals surface area contributed by atoms with Crippen LogP contribution < -0.4 is 10.6 Å². The van der Waals surface area contributed by atoms with Gasteiger partial charge in [-0.05, 0) is 29.8 Å². The maximum Gasteiger partial charge on any atom is 0.305 e. The van der Waals surface area contributed by atoms with E-state index in [1.54, 1.807) is 54.9 Å². The number of carboxylic acids is 1. The molecule has 25 heavy (non-hydrogen) atoms. The van der Waals surface area contributed by atoms with Gasteiger partial charge in [-0.3, -0.25) is 19.4 Å². The summed E-state index contributed by atoms with van der Waals surface area (Å²) in [4.78, 5) is 39.1. The fourth-order valence-corrected chi connectivity index (χ4v) is 1.95. The molecule has 1 heterocycles. The van der Waals surface area contributed by atoms with Crippen LogP contribution >= 0.6 is 0 Å². The molecule has 0 saturated heterocycles. The molecule has 0 bridgehead atoms.